The van der Waals surface area contributed by atoms with Gasteiger partial charge in [0, 0.05) is 24.7 Å². The predicted octanol–water partition coefficient (Wildman–Crippen LogP) is 3.54. The van der Waals surface area contributed by atoms with Crippen molar-refractivity contribution in [1.82, 2.24) is 9.97 Å². The monoisotopic (exact) mass is 297 g/mol. The van der Waals surface area contributed by atoms with E-state index in [1.165, 1.54) is 0 Å². The molecule has 0 radical (unpaired) electrons. The first kappa shape index (κ1) is 14.1. The lowest BCUT2D eigenvalue weighted by atomic mass is 10.2. The van der Waals surface area contributed by atoms with Crippen LogP contribution < -0.4 is 5.32 Å². The first-order chi connectivity index (χ1) is 9.17. The van der Waals surface area contributed by atoms with Crippen molar-refractivity contribution in [2.45, 2.75) is 13.2 Å². The van der Waals surface area contributed by atoms with Gasteiger partial charge in [-0.2, -0.15) is 0 Å². The molecule has 0 spiro atoms. The molecule has 0 bridgehead atoms. The smallest absolute Gasteiger partial charge is 0.158 e. The Balaban J connectivity index is 2.04. The molecular formula is C13H13Cl2N3O. The van der Waals surface area contributed by atoms with E-state index in [1.54, 1.807) is 13.2 Å². The number of nitrogens with zero attached hydrogens (tertiary/aromatic N) is 2. The maximum absolute atomic E-state index is 5.92. The van der Waals surface area contributed by atoms with Crippen LogP contribution in [0.15, 0.2) is 30.3 Å². The molecule has 0 aliphatic rings. The SMILES string of the molecule is COCc1nc(Cl)cc(NCc2ccc(Cl)cc2)n1. The molecule has 100 valence electrons. The van der Waals surface area contributed by atoms with Crippen molar-refractivity contribution in [3.63, 3.8) is 0 Å². The Morgan fingerprint density at radius 2 is 1.89 bits per heavy atom. The summed E-state index contributed by atoms with van der Waals surface area (Å²) in [6.45, 7) is 0.965. The van der Waals surface area contributed by atoms with Gasteiger partial charge in [0.2, 0.25) is 0 Å². The van der Waals surface area contributed by atoms with Crippen LogP contribution in [0.4, 0.5) is 5.82 Å². The third kappa shape index (κ3) is 4.35. The summed E-state index contributed by atoms with van der Waals surface area (Å²) >= 11 is 11.8. The lowest BCUT2D eigenvalue weighted by molar-refractivity contribution is 0.178. The van der Waals surface area contributed by atoms with Gasteiger partial charge in [-0.15, -0.1) is 0 Å². The number of nitrogens with one attached hydrogen (secondary N) is 1. The summed E-state index contributed by atoms with van der Waals surface area (Å²) in [6, 6.07) is 9.28. The Kier molecular flexibility index (Phi) is 4.96. The third-order valence-electron chi connectivity index (χ3n) is 2.40. The zero-order valence-corrected chi connectivity index (χ0v) is 11.9. The molecule has 6 heteroatoms. The fraction of sp³-hybridized carbons (Fsp3) is 0.231. The van der Waals surface area contributed by atoms with Crippen LogP contribution in [0.3, 0.4) is 0 Å². The zero-order valence-electron chi connectivity index (χ0n) is 10.4. The summed E-state index contributed by atoms with van der Waals surface area (Å²) in [7, 11) is 1.59. The van der Waals surface area contributed by atoms with Crippen LogP contribution in [0.2, 0.25) is 10.2 Å². The van der Waals surface area contributed by atoms with E-state index >= 15 is 0 Å². The Morgan fingerprint density at radius 3 is 2.58 bits per heavy atom. The summed E-state index contributed by atoms with van der Waals surface area (Å²) in [6.07, 6.45) is 0. The van der Waals surface area contributed by atoms with Crippen LogP contribution in [0.1, 0.15) is 11.4 Å². The maximum Gasteiger partial charge on any atom is 0.158 e. The van der Waals surface area contributed by atoms with Crippen LogP contribution in [0, 0.1) is 0 Å². The summed E-state index contributed by atoms with van der Waals surface area (Å²) in [5.41, 5.74) is 1.10. The third-order valence-corrected chi connectivity index (χ3v) is 2.85. The molecule has 2 aromatic rings. The normalized spacial score (nSPS) is 10.5. The molecule has 4 nitrogen and oxygen atoms in total. The largest absolute Gasteiger partial charge is 0.377 e. The van der Waals surface area contributed by atoms with Crippen LogP contribution in [0.5, 0.6) is 0 Å². The maximum atomic E-state index is 5.92. The van der Waals surface area contributed by atoms with Crippen molar-refractivity contribution in [3.8, 4) is 0 Å². The number of hydrogen-bond donors (Lipinski definition) is 1. The van der Waals surface area contributed by atoms with Crippen molar-refractivity contribution >= 4 is 29.0 Å². The van der Waals surface area contributed by atoms with E-state index in [4.69, 9.17) is 27.9 Å². The molecule has 0 unspecified atom stereocenters. The molecule has 1 heterocycles. The van der Waals surface area contributed by atoms with E-state index in [0.717, 1.165) is 10.6 Å². The highest BCUT2D eigenvalue weighted by molar-refractivity contribution is 6.30. The van der Waals surface area contributed by atoms with Crippen LogP contribution >= 0.6 is 23.2 Å². The van der Waals surface area contributed by atoms with Crippen molar-refractivity contribution in [2.24, 2.45) is 0 Å². The van der Waals surface area contributed by atoms with Crippen LogP contribution in [-0.2, 0) is 17.9 Å². The quantitative estimate of drug-likeness (QED) is 0.858. The van der Waals surface area contributed by atoms with Crippen LogP contribution in [-0.4, -0.2) is 17.1 Å². The molecule has 0 amide bonds. The van der Waals surface area contributed by atoms with Gasteiger partial charge in [-0.25, -0.2) is 9.97 Å². The first-order valence-electron chi connectivity index (χ1n) is 5.68. The van der Waals surface area contributed by atoms with Gasteiger partial charge in [-0.05, 0) is 17.7 Å². The molecule has 1 aromatic carbocycles. The average molecular weight is 298 g/mol. The molecule has 0 saturated heterocycles. The van der Waals surface area contributed by atoms with Gasteiger partial charge in [-0.3, -0.25) is 0 Å². The summed E-state index contributed by atoms with van der Waals surface area (Å²) in [5, 5.41) is 4.29. The highest BCUT2D eigenvalue weighted by Gasteiger charge is 2.03. The van der Waals surface area contributed by atoms with Crippen molar-refractivity contribution in [1.29, 1.82) is 0 Å². The van der Waals surface area contributed by atoms with Crippen molar-refractivity contribution in [3.05, 3.63) is 51.9 Å². The number of ether oxygens (including phenoxy) is 1. The Labute approximate surface area is 121 Å². The first-order valence-corrected chi connectivity index (χ1v) is 6.43. The van der Waals surface area contributed by atoms with E-state index in [-0.39, 0.29) is 0 Å². The molecule has 0 fully saturated rings. The number of anilines is 1. The average Bonchev–Trinajstić information content (AvgIpc) is 2.38. The standard InChI is InChI=1S/C13H13Cl2N3O/c1-19-8-13-17-11(15)6-12(18-13)16-7-9-2-4-10(14)5-3-9/h2-6H,7-8H2,1H3,(H,16,17,18). The van der Waals surface area contributed by atoms with Gasteiger partial charge >= 0.3 is 0 Å². The van der Waals surface area contributed by atoms with E-state index < -0.39 is 0 Å². The van der Waals surface area contributed by atoms with E-state index in [9.17, 15) is 0 Å². The Morgan fingerprint density at radius 1 is 1.16 bits per heavy atom. The second-order valence-electron chi connectivity index (χ2n) is 3.91. The number of methoxy groups -OCH3 is 1. The fourth-order valence-corrected chi connectivity index (χ4v) is 1.87. The lowest BCUT2D eigenvalue weighted by Crippen LogP contribution is -2.05. The van der Waals surface area contributed by atoms with Gasteiger partial charge < -0.3 is 10.1 Å². The highest BCUT2D eigenvalue weighted by atomic mass is 35.5. The highest BCUT2D eigenvalue weighted by Crippen LogP contribution is 2.14. The predicted molar refractivity (Wildman–Crippen MR) is 76.5 cm³/mol. The number of aromatic nitrogens is 2. The minimum atomic E-state index is 0.330. The lowest BCUT2D eigenvalue weighted by Gasteiger charge is -2.08. The summed E-state index contributed by atoms with van der Waals surface area (Å²) in [5.74, 6) is 1.22. The minimum absolute atomic E-state index is 0.330. The molecular weight excluding hydrogens is 285 g/mol. The molecule has 1 aromatic heterocycles. The number of hydrogen-bond acceptors (Lipinski definition) is 4. The molecule has 0 saturated carbocycles. The van der Waals surface area contributed by atoms with Crippen molar-refractivity contribution in [2.75, 3.05) is 12.4 Å². The van der Waals surface area contributed by atoms with E-state index in [0.29, 0.717) is 29.9 Å². The van der Waals surface area contributed by atoms with Gasteiger partial charge in [-0.1, -0.05) is 35.3 Å². The van der Waals surface area contributed by atoms with E-state index in [1.807, 2.05) is 24.3 Å². The zero-order chi connectivity index (χ0) is 13.7. The Bertz CT molecular complexity index is 546. The molecule has 1 N–H and O–H groups in total. The Hall–Kier alpha value is -1.36. The number of rotatable bonds is 5. The molecule has 0 atom stereocenters. The molecule has 0 aliphatic carbocycles. The van der Waals surface area contributed by atoms with Crippen LogP contribution in [0.25, 0.3) is 0 Å². The number of benzene rings is 1. The van der Waals surface area contributed by atoms with Crippen molar-refractivity contribution < 1.29 is 4.74 Å². The minimum Gasteiger partial charge on any atom is -0.377 e. The second-order valence-corrected chi connectivity index (χ2v) is 4.73. The topological polar surface area (TPSA) is 47.0 Å². The van der Waals surface area contributed by atoms with E-state index in [2.05, 4.69) is 15.3 Å². The van der Waals surface area contributed by atoms with Gasteiger partial charge in [0.25, 0.3) is 0 Å². The van der Waals surface area contributed by atoms with Gasteiger partial charge in [0.05, 0.1) is 0 Å². The summed E-state index contributed by atoms with van der Waals surface area (Å²) in [4.78, 5) is 8.36. The fourth-order valence-electron chi connectivity index (χ4n) is 1.54. The molecule has 19 heavy (non-hydrogen) atoms. The van der Waals surface area contributed by atoms with Gasteiger partial charge in [0.15, 0.2) is 5.82 Å². The molecule has 0 aliphatic heterocycles. The molecule has 2 rings (SSSR count). The summed E-state index contributed by atoms with van der Waals surface area (Å²) < 4.78 is 4.99. The van der Waals surface area contributed by atoms with Gasteiger partial charge in [0.1, 0.15) is 17.6 Å². The number of halogens is 2. The second kappa shape index (κ2) is 6.70.